The van der Waals surface area contributed by atoms with Gasteiger partial charge in [0, 0.05) is 17.8 Å². The van der Waals surface area contributed by atoms with E-state index in [4.69, 9.17) is 17.3 Å². The summed E-state index contributed by atoms with van der Waals surface area (Å²) in [5.74, 6) is 0.729. The first-order chi connectivity index (χ1) is 7.59. The minimum atomic E-state index is -0.0908. The van der Waals surface area contributed by atoms with Crippen LogP contribution in [0.4, 0.5) is 0 Å². The van der Waals surface area contributed by atoms with Crippen LogP contribution >= 0.6 is 11.6 Å². The SMILES string of the molecule is Cc1nn(-c2ncccc2C(C)N)cc1Cl. The van der Waals surface area contributed by atoms with Crippen molar-refractivity contribution in [2.75, 3.05) is 0 Å². The fourth-order valence-electron chi connectivity index (χ4n) is 1.50. The zero-order valence-corrected chi connectivity index (χ0v) is 9.94. The van der Waals surface area contributed by atoms with E-state index in [1.54, 1.807) is 17.1 Å². The van der Waals surface area contributed by atoms with Crippen LogP contribution in [-0.4, -0.2) is 14.8 Å². The summed E-state index contributed by atoms with van der Waals surface area (Å²) in [5.41, 5.74) is 7.61. The Bertz CT molecular complexity index is 485. The molecule has 0 aliphatic heterocycles. The van der Waals surface area contributed by atoms with Crippen molar-refractivity contribution in [1.29, 1.82) is 0 Å². The van der Waals surface area contributed by atoms with E-state index in [9.17, 15) is 0 Å². The Morgan fingerprint density at radius 1 is 1.50 bits per heavy atom. The Labute approximate surface area is 99.1 Å². The van der Waals surface area contributed by atoms with E-state index in [0.717, 1.165) is 17.1 Å². The number of aromatic nitrogens is 3. The van der Waals surface area contributed by atoms with Gasteiger partial charge in [-0.2, -0.15) is 5.10 Å². The smallest absolute Gasteiger partial charge is 0.158 e. The molecule has 1 unspecified atom stereocenters. The molecule has 2 aromatic heterocycles. The summed E-state index contributed by atoms with van der Waals surface area (Å²) in [6.45, 7) is 3.77. The molecule has 0 amide bonds. The van der Waals surface area contributed by atoms with Crippen LogP contribution in [0.2, 0.25) is 5.02 Å². The van der Waals surface area contributed by atoms with Crippen molar-refractivity contribution < 1.29 is 0 Å². The lowest BCUT2D eigenvalue weighted by Gasteiger charge is -2.10. The summed E-state index contributed by atoms with van der Waals surface area (Å²) in [7, 11) is 0. The molecule has 84 valence electrons. The third-order valence-corrected chi connectivity index (χ3v) is 2.73. The maximum atomic E-state index is 5.97. The molecule has 5 heteroatoms. The van der Waals surface area contributed by atoms with Gasteiger partial charge in [-0.05, 0) is 19.9 Å². The van der Waals surface area contributed by atoms with Gasteiger partial charge in [-0.25, -0.2) is 9.67 Å². The minimum absolute atomic E-state index is 0.0908. The monoisotopic (exact) mass is 236 g/mol. The van der Waals surface area contributed by atoms with Crippen molar-refractivity contribution in [1.82, 2.24) is 14.8 Å². The van der Waals surface area contributed by atoms with Crippen molar-refractivity contribution in [3.63, 3.8) is 0 Å². The largest absolute Gasteiger partial charge is 0.324 e. The molecule has 2 heterocycles. The predicted molar refractivity (Wildman–Crippen MR) is 63.7 cm³/mol. The summed E-state index contributed by atoms with van der Waals surface area (Å²) in [4.78, 5) is 4.29. The normalized spacial score (nSPS) is 12.8. The molecule has 0 fully saturated rings. The maximum Gasteiger partial charge on any atom is 0.158 e. The topological polar surface area (TPSA) is 56.7 Å². The Balaban J connectivity index is 2.55. The van der Waals surface area contributed by atoms with Gasteiger partial charge in [-0.3, -0.25) is 0 Å². The van der Waals surface area contributed by atoms with Gasteiger partial charge in [0.05, 0.1) is 16.9 Å². The van der Waals surface area contributed by atoms with Gasteiger partial charge in [0.25, 0.3) is 0 Å². The molecular weight excluding hydrogens is 224 g/mol. The molecule has 0 aliphatic carbocycles. The van der Waals surface area contributed by atoms with E-state index >= 15 is 0 Å². The highest BCUT2D eigenvalue weighted by Crippen LogP contribution is 2.20. The molecular formula is C11H13ClN4. The summed E-state index contributed by atoms with van der Waals surface area (Å²) in [5, 5.41) is 4.92. The van der Waals surface area contributed by atoms with E-state index in [2.05, 4.69) is 10.1 Å². The molecule has 16 heavy (non-hydrogen) atoms. The number of rotatable bonds is 2. The molecule has 2 N–H and O–H groups in total. The molecule has 0 saturated carbocycles. The standard InChI is InChI=1S/C11H13ClN4/c1-7(13)9-4-3-5-14-11(9)16-6-10(12)8(2)15-16/h3-7H,13H2,1-2H3. The van der Waals surface area contributed by atoms with Gasteiger partial charge in [0.1, 0.15) is 0 Å². The molecule has 0 saturated heterocycles. The molecule has 0 radical (unpaired) electrons. The third kappa shape index (κ3) is 1.94. The average molecular weight is 237 g/mol. The van der Waals surface area contributed by atoms with Gasteiger partial charge in [0.2, 0.25) is 0 Å². The molecule has 4 nitrogen and oxygen atoms in total. The second-order valence-electron chi connectivity index (χ2n) is 3.71. The Morgan fingerprint density at radius 2 is 2.25 bits per heavy atom. The van der Waals surface area contributed by atoms with Gasteiger partial charge in [-0.15, -0.1) is 0 Å². The van der Waals surface area contributed by atoms with Crippen molar-refractivity contribution in [2.24, 2.45) is 5.73 Å². The van der Waals surface area contributed by atoms with E-state index in [-0.39, 0.29) is 6.04 Å². The maximum absolute atomic E-state index is 5.97. The first kappa shape index (κ1) is 11.1. The number of hydrogen-bond acceptors (Lipinski definition) is 3. The van der Waals surface area contributed by atoms with Crippen LogP contribution in [0.3, 0.4) is 0 Å². The van der Waals surface area contributed by atoms with E-state index in [0.29, 0.717) is 5.02 Å². The van der Waals surface area contributed by atoms with E-state index < -0.39 is 0 Å². The lowest BCUT2D eigenvalue weighted by Crippen LogP contribution is -2.11. The highest BCUT2D eigenvalue weighted by Gasteiger charge is 2.11. The fourth-order valence-corrected chi connectivity index (χ4v) is 1.63. The summed E-state index contributed by atoms with van der Waals surface area (Å²) >= 11 is 5.97. The lowest BCUT2D eigenvalue weighted by atomic mass is 10.1. The van der Waals surface area contributed by atoms with Gasteiger partial charge >= 0.3 is 0 Å². The number of pyridine rings is 1. The first-order valence-electron chi connectivity index (χ1n) is 5.02. The predicted octanol–water partition coefficient (Wildman–Crippen LogP) is 2.25. The molecule has 0 aromatic carbocycles. The number of nitrogens with two attached hydrogens (primary N) is 1. The zero-order chi connectivity index (χ0) is 11.7. The summed E-state index contributed by atoms with van der Waals surface area (Å²) in [6, 6.07) is 3.71. The van der Waals surface area contributed by atoms with Crippen LogP contribution < -0.4 is 5.73 Å². The second-order valence-corrected chi connectivity index (χ2v) is 4.12. The Kier molecular flexibility index (Phi) is 2.94. The molecule has 2 rings (SSSR count). The van der Waals surface area contributed by atoms with Crippen molar-refractivity contribution in [3.8, 4) is 5.82 Å². The number of halogens is 1. The van der Waals surface area contributed by atoms with Crippen LogP contribution in [-0.2, 0) is 0 Å². The third-order valence-electron chi connectivity index (χ3n) is 2.36. The number of nitrogens with zero attached hydrogens (tertiary/aromatic N) is 3. The van der Waals surface area contributed by atoms with Crippen LogP contribution in [0.15, 0.2) is 24.5 Å². The molecule has 0 bridgehead atoms. The van der Waals surface area contributed by atoms with Crippen LogP contribution in [0, 0.1) is 6.92 Å². The Morgan fingerprint density at radius 3 is 2.81 bits per heavy atom. The zero-order valence-electron chi connectivity index (χ0n) is 9.18. The summed E-state index contributed by atoms with van der Waals surface area (Å²) in [6.07, 6.45) is 3.46. The van der Waals surface area contributed by atoms with Crippen molar-refractivity contribution in [2.45, 2.75) is 19.9 Å². The quantitative estimate of drug-likeness (QED) is 0.870. The van der Waals surface area contributed by atoms with Crippen LogP contribution in [0.1, 0.15) is 24.2 Å². The van der Waals surface area contributed by atoms with E-state index in [1.165, 1.54) is 0 Å². The minimum Gasteiger partial charge on any atom is -0.324 e. The summed E-state index contributed by atoms with van der Waals surface area (Å²) < 4.78 is 1.66. The van der Waals surface area contributed by atoms with Crippen LogP contribution in [0.5, 0.6) is 0 Å². The molecule has 2 aromatic rings. The fraction of sp³-hybridized carbons (Fsp3) is 0.273. The average Bonchev–Trinajstić information content (AvgIpc) is 2.59. The molecule has 1 atom stereocenters. The van der Waals surface area contributed by atoms with Gasteiger partial charge < -0.3 is 5.73 Å². The highest BCUT2D eigenvalue weighted by molar-refractivity contribution is 6.31. The Hall–Kier alpha value is -1.39. The molecule has 0 aliphatic rings. The van der Waals surface area contributed by atoms with Crippen LogP contribution in [0.25, 0.3) is 5.82 Å². The highest BCUT2D eigenvalue weighted by atomic mass is 35.5. The van der Waals surface area contributed by atoms with Gasteiger partial charge in [-0.1, -0.05) is 17.7 Å². The van der Waals surface area contributed by atoms with Crippen molar-refractivity contribution >= 4 is 11.6 Å². The van der Waals surface area contributed by atoms with Crippen molar-refractivity contribution in [3.05, 3.63) is 40.8 Å². The number of aryl methyl sites for hydroxylation is 1. The van der Waals surface area contributed by atoms with E-state index in [1.807, 2.05) is 26.0 Å². The lowest BCUT2D eigenvalue weighted by molar-refractivity contribution is 0.757. The number of hydrogen-bond donors (Lipinski definition) is 1. The van der Waals surface area contributed by atoms with Gasteiger partial charge in [0.15, 0.2) is 5.82 Å². The first-order valence-corrected chi connectivity index (χ1v) is 5.40. The molecule has 0 spiro atoms. The second kappa shape index (κ2) is 4.23.